The lowest BCUT2D eigenvalue weighted by atomic mass is 9.90. The molecule has 1 aliphatic heterocycles. The van der Waals surface area contributed by atoms with Gasteiger partial charge < -0.3 is 5.32 Å². The van der Waals surface area contributed by atoms with Crippen molar-refractivity contribution in [3.8, 4) is 0 Å². The van der Waals surface area contributed by atoms with Crippen LogP contribution in [0.15, 0.2) is 24.3 Å². The van der Waals surface area contributed by atoms with Gasteiger partial charge in [-0.1, -0.05) is 19.1 Å². The molecule has 1 aliphatic carbocycles. The van der Waals surface area contributed by atoms with Gasteiger partial charge in [-0.15, -0.1) is 0 Å². The van der Waals surface area contributed by atoms with Gasteiger partial charge in [0.05, 0.1) is 0 Å². The van der Waals surface area contributed by atoms with Crippen molar-refractivity contribution < 1.29 is 4.39 Å². The standard InChI is InChI=1S/C17H25FN2/c1-3-16-10-19-17(2,14-6-7-14)12-20(16)11-13-4-8-15(18)9-5-13/h4-5,8-9,14,16,19H,3,6-7,10-12H2,1-2H3. The lowest BCUT2D eigenvalue weighted by molar-refractivity contribution is 0.0666. The monoisotopic (exact) mass is 276 g/mol. The minimum atomic E-state index is -0.149. The lowest BCUT2D eigenvalue weighted by Gasteiger charge is -2.46. The molecule has 1 heterocycles. The summed E-state index contributed by atoms with van der Waals surface area (Å²) >= 11 is 0. The van der Waals surface area contributed by atoms with E-state index in [0.717, 1.165) is 32.0 Å². The van der Waals surface area contributed by atoms with Crippen molar-refractivity contribution in [3.05, 3.63) is 35.6 Å². The van der Waals surface area contributed by atoms with Crippen LogP contribution in [-0.4, -0.2) is 29.6 Å². The Hall–Kier alpha value is -0.930. The van der Waals surface area contributed by atoms with Crippen LogP contribution in [0, 0.1) is 11.7 Å². The van der Waals surface area contributed by atoms with E-state index in [1.165, 1.54) is 18.4 Å². The Morgan fingerprint density at radius 2 is 2.00 bits per heavy atom. The van der Waals surface area contributed by atoms with E-state index in [9.17, 15) is 4.39 Å². The molecule has 1 aromatic carbocycles. The molecular formula is C17H25FN2. The molecule has 1 saturated carbocycles. The first-order chi connectivity index (χ1) is 9.60. The summed E-state index contributed by atoms with van der Waals surface area (Å²) in [6.07, 6.45) is 3.89. The van der Waals surface area contributed by atoms with Crippen LogP contribution >= 0.6 is 0 Å². The van der Waals surface area contributed by atoms with Crippen LogP contribution in [0.2, 0.25) is 0 Å². The molecule has 0 radical (unpaired) electrons. The first-order valence-electron chi connectivity index (χ1n) is 7.84. The molecule has 0 amide bonds. The van der Waals surface area contributed by atoms with Gasteiger partial charge in [-0.05, 0) is 49.8 Å². The highest BCUT2D eigenvalue weighted by Gasteiger charge is 2.45. The molecule has 2 atom stereocenters. The zero-order valence-corrected chi connectivity index (χ0v) is 12.5. The van der Waals surface area contributed by atoms with E-state index >= 15 is 0 Å². The summed E-state index contributed by atoms with van der Waals surface area (Å²) < 4.78 is 13.0. The predicted molar refractivity (Wildman–Crippen MR) is 80.0 cm³/mol. The Kier molecular flexibility index (Phi) is 3.83. The zero-order chi connectivity index (χ0) is 14.2. The highest BCUT2D eigenvalue weighted by atomic mass is 19.1. The fourth-order valence-corrected chi connectivity index (χ4v) is 3.49. The van der Waals surface area contributed by atoms with Crippen molar-refractivity contribution >= 4 is 0 Å². The van der Waals surface area contributed by atoms with Gasteiger partial charge in [0.2, 0.25) is 0 Å². The molecule has 0 aromatic heterocycles. The smallest absolute Gasteiger partial charge is 0.123 e. The SMILES string of the molecule is CCC1CNC(C)(C2CC2)CN1Cc1ccc(F)cc1. The number of nitrogens with one attached hydrogen (secondary N) is 1. The quantitative estimate of drug-likeness (QED) is 0.908. The number of hydrogen-bond donors (Lipinski definition) is 1. The van der Waals surface area contributed by atoms with Crippen LogP contribution in [0.5, 0.6) is 0 Å². The van der Waals surface area contributed by atoms with E-state index in [1.54, 1.807) is 12.1 Å². The predicted octanol–water partition coefficient (Wildman–Crippen LogP) is 3.18. The van der Waals surface area contributed by atoms with Crippen LogP contribution in [0.3, 0.4) is 0 Å². The molecule has 3 heteroatoms. The number of benzene rings is 1. The minimum Gasteiger partial charge on any atom is -0.308 e. The van der Waals surface area contributed by atoms with Crippen LogP contribution in [-0.2, 0) is 6.54 Å². The van der Waals surface area contributed by atoms with Crippen LogP contribution in [0.25, 0.3) is 0 Å². The third-order valence-corrected chi connectivity index (χ3v) is 5.04. The number of piperazine rings is 1. The lowest BCUT2D eigenvalue weighted by Crippen LogP contribution is -2.63. The van der Waals surface area contributed by atoms with Crippen molar-refractivity contribution in [1.29, 1.82) is 0 Å². The third kappa shape index (κ3) is 2.89. The number of hydrogen-bond acceptors (Lipinski definition) is 2. The Balaban J connectivity index is 1.72. The van der Waals surface area contributed by atoms with Gasteiger partial charge in [0.15, 0.2) is 0 Å². The molecule has 0 spiro atoms. The number of rotatable bonds is 4. The summed E-state index contributed by atoms with van der Waals surface area (Å²) in [6, 6.07) is 7.56. The van der Waals surface area contributed by atoms with Crippen molar-refractivity contribution in [1.82, 2.24) is 10.2 Å². The first kappa shape index (κ1) is 14.0. The maximum atomic E-state index is 13.0. The number of nitrogens with zero attached hydrogens (tertiary/aromatic N) is 1. The van der Waals surface area contributed by atoms with E-state index < -0.39 is 0 Å². The Morgan fingerprint density at radius 1 is 1.30 bits per heavy atom. The molecule has 2 aliphatic rings. The third-order valence-electron chi connectivity index (χ3n) is 5.04. The summed E-state index contributed by atoms with van der Waals surface area (Å²) in [5.41, 5.74) is 1.48. The zero-order valence-electron chi connectivity index (χ0n) is 12.5. The molecule has 2 nitrogen and oxygen atoms in total. The van der Waals surface area contributed by atoms with Crippen molar-refractivity contribution in [3.63, 3.8) is 0 Å². The van der Waals surface area contributed by atoms with E-state index in [-0.39, 0.29) is 11.4 Å². The van der Waals surface area contributed by atoms with Crippen molar-refractivity contribution in [2.24, 2.45) is 5.92 Å². The molecule has 1 aromatic rings. The van der Waals surface area contributed by atoms with Gasteiger partial charge in [-0.2, -0.15) is 0 Å². The average Bonchev–Trinajstić information content (AvgIpc) is 3.27. The molecule has 2 fully saturated rings. The van der Waals surface area contributed by atoms with Crippen molar-refractivity contribution in [2.75, 3.05) is 13.1 Å². The van der Waals surface area contributed by atoms with E-state index in [1.807, 2.05) is 12.1 Å². The molecule has 2 unspecified atom stereocenters. The second-order valence-corrected chi connectivity index (χ2v) is 6.67. The molecule has 20 heavy (non-hydrogen) atoms. The van der Waals surface area contributed by atoms with E-state index in [4.69, 9.17) is 0 Å². The summed E-state index contributed by atoms with van der Waals surface area (Å²) in [6.45, 7) is 7.74. The van der Waals surface area contributed by atoms with Gasteiger partial charge in [0, 0.05) is 31.2 Å². The Morgan fingerprint density at radius 3 is 2.60 bits per heavy atom. The van der Waals surface area contributed by atoms with Gasteiger partial charge in [-0.25, -0.2) is 4.39 Å². The molecular weight excluding hydrogens is 251 g/mol. The fourth-order valence-electron chi connectivity index (χ4n) is 3.49. The number of halogens is 1. The average molecular weight is 276 g/mol. The van der Waals surface area contributed by atoms with Crippen LogP contribution in [0.1, 0.15) is 38.7 Å². The second-order valence-electron chi connectivity index (χ2n) is 6.67. The fraction of sp³-hybridized carbons (Fsp3) is 0.647. The maximum Gasteiger partial charge on any atom is 0.123 e. The summed E-state index contributed by atoms with van der Waals surface area (Å²) in [7, 11) is 0. The Bertz CT molecular complexity index is 455. The maximum absolute atomic E-state index is 13.0. The van der Waals surface area contributed by atoms with Crippen molar-refractivity contribution in [2.45, 2.75) is 51.2 Å². The summed E-state index contributed by atoms with van der Waals surface area (Å²) in [5.74, 6) is 0.694. The topological polar surface area (TPSA) is 15.3 Å². The van der Waals surface area contributed by atoms with E-state index in [2.05, 4.69) is 24.1 Å². The highest BCUT2D eigenvalue weighted by molar-refractivity contribution is 5.17. The van der Waals surface area contributed by atoms with Gasteiger partial charge in [-0.3, -0.25) is 4.90 Å². The largest absolute Gasteiger partial charge is 0.308 e. The minimum absolute atomic E-state index is 0.149. The van der Waals surface area contributed by atoms with Crippen LogP contribution in [0.4, 0.5) is 4.39 Å². The highest BCUT2D eigenvalue weighted by Crippen LogP contribution is 2.41. The van der Waals surface area contributed by atoms with Gasteiger partial charge in [0.25, 0.3) is 0 Å². The van der Waals surface area contributed by atoms with Gasteiger partial charge >= 0.3 is 0 Å². The summed E-state index contributed by atoms with van der Waals surface area (Å²) in [4.78, 5) is 2.59. The van der Waals surface area contributed by atoms with E-state index in [0.29, 0.717) is 6.04 Å². The molecule has 1 saturated heterocycles. The second kappa shape index (κ2) is 5.45. The molecule has 3 rings (SSSR count). The molecule has 110 valence electrons. The van der Waals surface area contributed by atoms with Crippen LogP contribution < -0.4 is 5.32 Å². The molecule has 1 N–H and O–H groups in total. The first-order valence-corrected chi connectivity index (χ1v) is 7.84. The normalized spacial score (nSPS) is 31.4. The molecule has 0 bridgehead atoms. The van der Waals surface area contributed by atoms with Gasteiger partial charge in [0.1, 0.15) is 5.82 Å². The summed E-state index contributed by atoms with van der Waals surface area (Å²) in [5, 5.41) is 3.78. The Labute approximate surface area is 121 Å².